The van der Waals surface area contributed by atoms with Crippen molar-refractivity contribution in [1.82, 2.24) is 0 Å². The number of likely N-dealkylation sites (tertiary alicyclic amines) is 1. The first-order valence-electron chi connectivity index (χ1n) is 9.55. The Morgan fingerprint density at radius 1 is 1.12 bits per heavy atom. The second-order valence-electron chi connectivity index (χ2n) is 7.34. The zero-order valence-electron chi connectivity index (χ0n) is 15.5. The van der Waals surface area contributed by atoms with Crippen LogP contribution in [0.25, 0.3) is 0 Å². The van der Waals surface area contributed by atoms with Crippen molar-refractivity contribution in [2.24, 2.45) is 0 Å². The molecule has 4 heteroatoms. The van der Waals surface area contributed by atoms with Gasteiger partial charge in [-0.2, -0.15) is 0 Å². The Hall–Kier alpha value is -1.72. The number of hydrogen-bond donors (Lipinski definition) is 3. The Morgan fingerprint density at radius 3 is 2.58 bits per heavy atom. The Labute approximate surface area is 156 Å². The Balaban J connectivity index is 1.65. The van der Waals surface area contributed by atoms with Crippen molar-refractivity contribution in [1.29, 1.82) is 0 Å². The molecule has 1 saturated heterocycles. The van der Waals surface area contributed by atoms with Gasteiger partial charge in [0, 0.05) is 0 Å². The smallest absolute Gasteiger partial charge is 0.126 e. The topological polar surface area (TPSA) is 54.1 Å². The summed E-state index contributed by atoms with van der Waals surface area (Å²) < 4.78 is 6.20. The van der Waals surface area contributed by atoms with Crippen LogP contribution in [0.2, 0.25) is 0 Å². The second-order valence-corrected chi connectivity index (χ2v) is 7.34. The molecule has 2 aromatic carbocycles. The number of piperidine rings is 1. The Kier molecular flexibility index (Phi) is 6.80. The minimum absolute atomic E-state index is 0.186. The van der Waals surface area contributed by atoms with E-state index in [2.05, 4.69) is 31.2 Å². The highest BCUT2D eigenvalue weighted by Gasteiger charge is 2.25. The van der Waals surface area contributed by atoms with Crippen molar-refractivity contribution in [2.75, 3.05) is 26.2 Å². The number of aryl methyl sites for hydroxylation is 1. The van der Waals surface area contributed by atoms with Gasteiger partial charge in [-0.05, 0) is 36.5 Å². The lowest BCUT2D eigenvalue weighted by Gasteiger charge is -2.29. The number of nitrogens with one attached hydrogen (secondary N) is 1. The highest BCUT2D eigenvalue weighted by molar-refractivity contribution is 5.35. The predicted molar refractivity (Wildman–Crippen MR) is 102 cm³/mol. The summed E-state index contributed by atoms with van der Waals surface area (Å²) in [5.74, 6) is 0. The van der Waals surface area contributed by atoms with E-state index in [4.69, 9.17) is 4.74 Å². The molecule has 0 amide bonds. The first-order valence-corrected chi connectivity index (χ1v) is 9.55. The van der Waals surface area contributed by atoms with E-state index >= 15 is 0 Å². The monoisotopic (exact) mass is 356 g/mol. The second kappa shape index (κ2) is 9.28. The summed E-state index contributed by atoms with van der Waals surface area (Å²) in [5, 5.41) is 20.3. The van der Waals surface area contributed by atoms with Crippen LogP contribution in [0, 0.1) is 6.92 Å². The van der Waals surface area contributed by atoms with Crippen molar-refractivity contribution < 1.29 is 19.8 Å². The maximum atomic E-state index is 10.5. The number of aliphatic hydroxyl groups excluding tert-OH is 2. The van der Waals surface area contributed by atoms with E-state index in [-0.39, 0.29) is 18.8 Å². The van der Waals surface area contributed by atoms with Crippen LogP contribution in [0.1, 0.15) is 35.6 Å². The largest absolute Gasteiger partial charge is 0.387 e. The van der Waals surface area contributed by atoms with Crippen LogP contribution in [0.3, 0.4) is 0 Å². The van der Waals surface area contributed by atoms with E-state index in [1.165, 1.54) is 10.5 Å². The van der Waals surface area contributed by atoms with Gasteiger partial charge in [-0.25, -0.2) is 0 Å². The summed E-state index contributed by atoms with van der Waals surface area (Å²) in [7, 11) is 0. The fourth-order valence-electron chi connectivity index (χ4n) is 3.78. The highest BCUT2D eigenvalue weighted by Crippen LogP contribution is 2.28. The van der Waals surface area contributed by atoms with Crippen LogP contribution in [-0.4, -0.2) is 48.7 Å². The molecular weight excluding hydrogens is 326 g/mol. The average molecular weight is 356 g/mol. The molecule has 0 spiro atoms. The lowest BCUT2D eigenvalue weighted by atomic mass is 9.97. The molecule has 3 rings (SSSR count). The van der Waals surface area contributed by atoms with Crippen LogP contribution < -0.4 is 4.90 Å². The first-order chi connectivity index (χ1) is 12.6. The van der Waals surface area contributed by atoms with E-state index in [9.17, 15) is 10.2 Å². The van der Waals surface area contributed by atoms with Gasteiger partial charge < -0.3 is 19.8 Å². The minimum atomic E-state index is -0.537. The van der Waals surface area contributed by atoms with E-state index in [1.54, 1.807) is 0 Å². The maximum Gasteiger partial charge on any atom is 0.126 e. The lowest BCUT2D eigenvalue weighted by Crippen LogP contribution is -3.15. The molecule has 0 aliphatic carbocycles. The fourth-order valence-corrected chi connectivity index (χ4v) is 3.78. The third-order valence-electron chi connectivity index (χ3n) is 5.14. The molecular formula is C22H30NO3+. The predicted octanol–water partition coefficient (Wildman–Crippen LogP) is 1.50. The molecule has 2 aromatic rings. The van der Waals surface area contributed by atoms with Gasteiger partial charge in [0.2, 0.25) is 0 Å². The van der Waals surface area contributed by atoms with Gasteiger partial charge in [0.15, 0.2) is 0 Å². The van der Waals surface area contributed by atoms with Crippen molar-refractivity contribution in [3.8, 4) is 0 Å². The summed E-state index contributed by atoms with van der Waals surface area (Å²) in [6.45, 7) is 4.72. The van der Waals surface area contributed by atoms with Crippen molar-refractivity contribution in [2.45, 2.75) is 38.1 Å². The SMILES string of the molecule is Cc1ccccc1[C@@H](OC[C@H](O)C[NH+]1CCC[C@H](O)C1)c1ccccc1. The molecule has 4 atom stereocenters. The molecule has 26 heavy (non-hydrogen) atoms. The quantitative estimate of drug-likeness (QED) is 0.705. The Bertz CT molecular complexity index is 676. The van der Waals surface area contributed by atoms with Gasteiger partial charge in [0.05, 0.1) is 13.2 Å². The third kappa shape index (κ3) is 5.15. The summed E-state index contributed by atoms with van der Waals surface area (Å²) in [6.07, 6.45) is 0.926. The maximum absolute atomic E-state index is 10.5. The molecule has 0 saturated carbocycles. The summed E-state index contributed by atoms with van der Waals surface area (Å²) in [4.78, 5) is 1.26. The van der Waals surface area contributed by atoms with E-state index in [0.717, 1.165) is 37.1 Å². The average Bonchev–Trinajstić information content (AvgIpc) is 2.64. The van der Waals surface area contributed by atoms with Gasteiger partial charge >= 0.3 is 0 Å². The molecule has 3 N–H and O–H groups in total. The lowest BCUT2D eigenvalue weighted by molar-refractivity contribution is -0.911. The van der Waals surface area contributed by atoms with Gasteiger partial charge in [0.25, 0.3) is 0 Å². The summed E-state index contributed by atoms with van der Waals surface area (Å²) in [6, 6.07) is 18.4. The summed E-state index contributed by atoms with van der Waals surface area (Å²) in [5.41, 5.74) is 3.40. The van der Waals surface area contributed by atoms with Gasteiger partial charge in [0.1, 0.15) is 31.4 Å². The number of quaternary nitrogens is 1. The zero-order chi connectivity index (χ0) is 18.4. The number of rotatable bonds is 7. The van der Waals surface area contributed by atoms with Crippen molar-refractivity contribution in [3.05, 3.63) is 71.3 Å². The molecule has 1 unspecified atom stereocenters. The molecule has 1 fully saturated rings. The van der Waals surface area contributed by atoms with E-state index in [0.29, 0.717) is 6.54 Å². The number of hydrogen-bond acceptors (Lipinski definition) is 3. The molecule has 0 radical (unpaired) electrons. The minimum Gasteiger partial charge on any atom is -0.387 e. The van der Waals surface area contributed by atoms with E-state index < -0.39 is 6.10 Å². The molecule has 0 aromatic heterocycles. The van der Waals surface area contributed by atoms with Crippen molar-refractivity contribution >= 4 is 0 Å². The van der Waals surface area contributed by atoms with Crippen LogP contribution in [-0.2, 0) is 4.74 Å². The van der Waals surface area contributed by atoms with E-state index in [1.807, 2.05) is 30.3 Å². The molecule has 0 bridgehead atoms. The van der Waals surface area contributed by atoms with Crippen LogP contribution in [0.15, 0.2) is 54.6 Å². The van der Waals surface area contributed by atoms with Gasteiger partial charge in [-0.15, -0.1) is 0 Å². The van der Waals surface area contributed by atoms with Crippen molar-refractivity contribution in [3.63, 3.8) is 0 Å². The molecule has 4 nitrogen and oxygen atoms in total. The standard InChI is InChI=1S/C22H29NO3/c1-17-8-5-6-12-21(17)22(18-9-3-2-4-10-18)26-16-20(25)15-23-13-7-11-19(24)14-23/h2-6,8-10,12,19-20,22,24-25H,7,11,13-16H2,1H3/p+1/t19-,20+,22-/m0/s1. The van der Waals surface area contributed by atoms with Crippen LogP contribution in [0.5, 0.6) is 0 Å². The number of benzene rings is 2. The normalized spacial score (nSPS) is 22.7. The third-order valence-corrected chi connectivity index (χ3v) is 5.14. The number of aliphatic hydroxyl groups is 2. The molecule has 1 heterocycles. The van der Waals surface area contributed by atoms with Crippen LogP contribution >= 0.6 is 0 Å². The Morgan fingerprint density at radius 2 is 1.85 bits per heavy atom. The van der Waals surface area contributed by atoms with Crippen LogP contribution in [0.4, 0.5) is 0 Å². The summed E-state index contributed by atoms with van der Waals surface area (Å²) >= 11 is 0. The highest BCUT2D eigenvalue weighted by atomic mass is 16.5. The van der Waals surface area contributed by atoms with Gasteiger partial charge in [-0.1, -0.05) is 54.6 Å². The fraction of sp³-hybridized carbons (Fsp3) is 0.455. The molecule has 140 valence electrons. The van der Waals surface area contributed by atoms with Gasteiger partial charge in [-0.3, -0.25) is 0 Å². The number of ether oxygens (including phenoxy) is 1. The molecule has 1 aliphatic rings. The molecule has 1 aliphatic heterocycles. The zero-order valence-corrected chi connectivity index (χ0v) is 15.5. The first kappa shape index (κ1) is 19.1.